The molecule has 18 heavy (non-hydrogen) atoms. The summed E-state index contributed by atoms with van der Waals surface area (Å²) < 4.78 is 5.12. The van der Waals surface area contributed by atoms with Crippen molar-refractivity contribution in [2.75, 3.05) is 33.9 Å². The minimum atomic E-state index is 0.260. The monoisotopic (exact) mass is 250 g/mol. The van der Waals surface area contributed by atoms with Gasteiger partial charge in [-0.05, 0) is 31.5 Å². The predicted molar refractivity (Wildman–Crippen MR) is 73.6 cm³/mol. The Hall–Kier alpha value is -1.39. The van der Waals surface area contributed by atoms with E-state index in [2.05, 4.69) is 29.1 Å². The number of aromatic nitrogens is 1. The Kier molecular flexibility index (Phi) is 7.06. The Bertz CT molecular complexity index is 367. The maximum absolute atomic E-state index is 8.73. The number of hydrogen-bond donors (Lipinski definition) is 1. The van der Waals surface area contributed by atoms with Crippen LogP contribution in [0.25, 0.3) is 6.08 Å². The van der Waals surface area contributed by atoms with E-state index in [1.165, 1.54) is 0 Å². The number of methoxy groups -OCH3 is 1. The molecule has 1 heterocycles. The molecule has 0 aromatic carbocycles. The normalized spacial score (nSPS) is 11.3. The van der Waals surface area contributed by atoms with Gasteiger partial charge in [0.1, 0.15) is 5.75 Å². The van der Waals surface area contributed by atoms with Crippen LogP contribution in [0.5, 0.6) is 5.75 Å². The Morgan fingerprint density at radius 1 is 1.39 bits per heavy atom. The highest BCUT2D eigenvalue weighted by molar-refractivity contribution is 5.49. The van der Waals surface area contributed by atoms with E-state index in [0.29, 0.717) is 0 Å². The first-order valence-electron chi connectivity index (χ1n) is 6.21. The van der Waals surface area contributed by atoms with E-state index in [4.69, 9.17) is 9.84 Å². The fraction of sp³-hybridized carbons (Fsp3) is 0.500. The fourth-order valence-electron chi connectivity index (χ4n) is 1.61. The second-order valence-corrected chi connectivity index (χ2v) is 4.23. The molecule has 1 aromatic rings. The summed E-state index contributed by atoms with van der Waals surface area (Å²) >= 11 is 0. The van der Waals surface area contributed by atoms with Gasteiger partial charge in [-0.25, -0.2) is 0 Å². The lowest BCUT2D eigenvalue weighted by molar-refractivity contribution is 0.249. The molecule has 100 valence electrons. The molecule has 0 aliphatic carbocycles. The van der Waals surface area contributed by atoms with Gasteiger partial charge in [0.15, 0.2) is 0 Å². The van der Waals surface area contributed by atoms with Crippen LogP contribution >= 0.6 is 0 Å². The molecule has 0 aliphatic heterocycles. The molecule has 4 nitrogen and oxygen atoms in total. The molecule has 0 unspecified atom stereocenters. The zero-order valence-corrected chi connectivity index (χ0v) is 11.2. The minimum Gasteiger partial charge on any atom is -0.495 e. The summed E-state index contributed by atoms with van der Waals surface area (Å²) in [5.74, 6) is 0.775. The zero-order valence-electron chi connectivity index (χ0n) is 11.2. The number of aliphatic hydroxyl groups excluding tert-OH is 1. The Balaban J connectivity index is 2.31. The summed E-state index contributed by atoms with van der Waals surface area (Å²) in [6.45, 7) is 2.19. The van der Waals surface area contributed by atoms with Gasteiger partial charge in [0.25, 0.3) is 0 Å². The summed E-state index contributed by atoms with van der Waals surface area (Å²) in [6, 6.07) is 1.96. The van der Waals surface area contributed by atoms with Crippen molar-refractivity contribution in [1.29, 1.82) is 0 Å². The van der Waals surface area contributed by atoms with Crippen molar-refractivity contribution in [3.8, 4) is 5.75 Å². The van der Waals surface area contributed by atoms with Crippen LogP contribution in [-0.4, -0.2) is 48.8 Å². The lowest BCUT2D eigenvalue weighted by atomic mass is 10.2. The highest BCUT2D eigenvalue weighted by atomic mass is 16.5. The molecule has 1 rings (SSSR count). The first-order valence-corrected chi connectivity index (χ1v) is 6.21. The third-order valence-corrected chi connectivity index (χ3v) is 2.66. The van der Waals surface area contributed by atoms with Crippen LogP contribution in [0.4, 0.5) is 0 Å². The topological polar surface area (TPSA) is 45.6 Å². The van der Waals surface area contributed by atoms with Crippen molar-refractivity contribution in [1.82, 2.24) is 9.88 Å². The lowest BCUT2D eigenvalue weighted by Crippen LogP contribution is -2.21. The summed E-state index contributed by atoms with van der Waals surface area (Å²) in [7, 11) is 3.71. The van der Waals surface area contributed by atoms with Gasteiger partial charge in [0, 0.05) is 25.9 Å². The van der Waals surface area contributed by atoms with Crippen LogP contribution in [0.3, 0.4) is 0 Å². The first-order chi connectivity index (χ1) is 8.76. The Morgan fingerprint density at radius 3 is 2.94 bits per heavy atom. The molecule has 0 amide bonds. The van der Waals surface area contributed by atoms with Crippen LogP contribution in [0.2, 0.25) is 0 Å². The second-order valence-electron chi connectivity index (χ2n) is 4.23. The van der Waals surface area contributed by atoms with Gasteiger partial charge in [0.2, 0.25) is 0 Å². The summed E-state index contributed by atoms with van der Waals surface area (Å²) in [4.78, 5) is 6.31. The second kappa shape index (κ2) is 8.66. The molecular weight excluding hydrogens is 228 g/mol. The van der Waals surface area contributed by atoms with E-state index in [-0.39, 0.29) is 6.61 Å². The van der Waals surface area contributed by atoms with E-state index in [9.17, 15) is 0 Å². The molecule has 0 aliphatic rings. The third kappa shape index (κ3) is 5.80. The molecule has 0 saturated carbocycles. The Morgan fingerprint density at radius 2 is 2.22 bits per heavy atom. The average Bonchev–Trinajstić information content (AvgIpc) is 2.41. The van der Waals surface area contributed by atoms with Gasteiger partial charge >= 0.3 is 0 Å². The Labute approximate surface area is 109 Å². The van der Waals surface area contributed by atoms with Crippen molar-refractivity contribution < 1.29 is 9.84 Å². The maximum atomic E-state index is 8.73. The summed E-state index contributed by atoms with van der Waals surface area (Å²) in [5, 5.41) is 8.73. The molecule has 4 heteroatoms. The molecule has 1 aromatic heterocycles. The number of aliphatic hydroxyl groups is 1. The van der Waals surface area contributed by atoms with Crippen molar-refractivity contribution >= 4 is 6.08 Å². The number of rotatable bonds is 8. The van der Waals surface area contributed by atoms with Gasteiger partial charge < -0.3 is 14.7 Å². The molecule has 0 fully saturated rings. The predicted octanol–water partition coefficient (Wildman–Crippen LogP) is 1.81. The molecular formula is C14H22N2O2. The van der Waals surface area contributed by atoms with Crippen LogP contribution in [0.1, 0.15) is 18.4 Å². The van der Waals surface area contributed by atoms with Crippen LogP contribution in [-0.2, 0) is 0 Å². The molecule has 1 N–H and O–H groups in total. The quantitative estimate of drug-likeness (QED) is 0.764. The molecule has 0 spiro atoms. The first kappa shape index (κ1) is 14.7. The van der Waals surface area contributed by atoms with E-state index in [1.807, 2.05) is 12.3 Å². The highest BCUT2D eigenvalue weighted by Crippen LogP contribution is 2.11. The van der Waals surface area contributed by atoms with Crippen molar-refractivity contribution in [2.24, 2.45) is 0 Å². The van der Waals surface area contributed by atoms with Gasteiger partial charge in [-0.15, -0.1) is 0 Å². The highest BCUT2D eigenvalue weighted by Gasteiger charge is 1.96. The number of hydrogen-bond acceptors (Lipinski definition) is 4. The number of nitrogens with zero attached hydrogens (tertiary/aromatic N) is 2. The van der Waals surface area contributed by atoms with Crippen molar-refractivity contribution in [2.45, 2.75) is 12.8 Å². The molecule has 0 saturated heterocycles. The van der Waals surface area contributed by atoms with Crippen LogP contribution < -0.4 is 4.74 Å². The van der Waals surface area contributed by atoms with Gasteiger partial charge in [-0.1, -0.05) is 12.2 Å². The standard InChI is InChI=1S/C14H22N2O2/c1-16(8-5-9-17)7-4-3-6-13-10-14(18-2)12-15-11-13/h3,6,10-12,17H,4-5,7-9H2,1-2H3. The number of pyridine rings is 1. The molecule has 0 radical (unpaired) electrons. The van der Waals surface area contributed by atoms with Crippen molar-refractivity contribution in [3.63, 3.8) is 0 Å². The number of ether oxygens (including phenoxy) is 1. The van der Waals surface area contributed by atoms with Gasteiger partial charge in [-0.3, -0.25) is 4.98 Å². The summed E-state index contributed by atoms with van der Waals surface area (Å²) in [5.41, 5.74) is 1.05. The summed E-state index contributed by atoms with van der Waals surface area (Å²) in [6.07, 6.45) is 9.51. The van der Waals surface area contributed by atoms with E-state index < -0.39 is 0 Å². The van der Waals surface area contributed by atoms with Gasteiger partial charge in [0.05, 0.1) is 13.3 Å². The largest absolute Gasteiger partial charge is 0.495 e. The minimum absolute atomic E-state index is 0.260. The smallest absolute Gasteiger partial charge is 0.137 e. The van der Waals surface area contributed by atoms with Gasteiger partial charge in [-0.2, -0.15) is 0 Å². The maximum Gasteiger partial charge on any atom is 0.137 e. The lowest BCUT2D eigenvalue weighted by Gasteiger charge is -2.13. The molecule has 0 bridgehead atoms. The van der Waals surface area contributed by atoms with Crippen LogP contribution in [0.15, 0.2) is 24.5 Å². The van der Waals surface area contributed by atoms with E-state index >= 15 is 0 Å². The molecule has 0 atom stereocenters. The fourth-order valence-corrected chi connectivity index (χ4v) is 1.61. The van der Waals surface area contributed by atoms with Crippen molar-refractivity contribution in [3.05, 3.63) is 30.1 Å². The van der Waals surface area contributed by atoms with Crippen LogP contribution in [0, 0.1) is 0 Å². The SMILES string of the molecule is COc1cncc(C=CCCN(C)CCCO)c1. The third-order valence-electron chi connectivity index (χ3n) is 2.66. The van der Waals surface area contributed by atoms with E-state index in [0.717, 1.165) is 37.2 Å². The van der Waals surface area contributed by atoms with E-state index in [1.54, 1.807) is 13.3 Å². The average molecular weight is 250 g/mol. The zero-order chi connectivity index (χ0) is 13.2.